The number of amides is 1. The van der Waals surface area contributed by atoms with Gasteiger partial charge in [0, 0.05) is 18.2 Å². The lowest BCUT2D eigenvalue weighted by Crippen LogP contribution is -2.37. The number of hydroxylamine groups is 2. The second-order valence-corrected chi connectivity index (χ2v) is 5.51. The van der Waals surface area contributed by atoms with Gasteiger partial charge in [0.2, 0.25) is 0 Å². The summed E-state index contributed by atoms with van der Waals surface area (Å²) < 4.78 is 0. The van der Waals surface area contributed by atoms with Gasteiger partial charge in [0.15, 0.2) is 11.5 Å². The highest BCUT2D eigenvalue weighted by Gasteiger charge is 2.29. The minimum atomic E-state index is -0.271. The summed E-state index contributed by atoms with van der Waals surface area (Å²) in [6.45, 7) is 1.83. The number of hydrogen-bond donors (Lipinski definition) is 0. The average Bonchev–Trinajstić information content (AvgIpc) is 2.58. The van der Waals surface area contributed by atoms with Gasteiger partial charge in [-0.25, -0.2) is 0 Å². The standard InChI is InChI=1S/C19H17NO3/c1-13-16-10-9-15(12-18(16)23-20(2)19(13)22)17(21)11-8-14-6-4-3-5-7-14/h3-13H,1-2H3. The van der Waals surface area contributed by atoms with Crippen LogP contribution in [0.5, 0.6) is 5.75 Å². The predicted molar refractivity (Wildman–Crippen MR) is 88.1 cm³/mol. The fraction of sp³-hybridized carbons (Fsp3) is 0.158. The highest BCUT2D eigenvalue weighted by Crippen LogP contribution is 2.33. The number of allylic oxidation sites excluding steroid dienone is 1. The molecule has 0 radical (unpaired) electrons. The van der Waals surface area contributed by atoms with Crippen molar-refractivity contribution >= 4 is 17.8 Å². The Bertz CT molecular complexity index is 780. The Morgan fingerprint density at radius 2 is 1.91 bits per heavy atom. The molecule has 4 nitrogen and oxygen atoms in total. The molecule has 0 fully saturated rings. The Balaban J connectivity index is 1.85. The fourth-order valence-corrected chi connectivity index (χ4v) is 2.55. The van der Waals surface area contributed by atoms with Crippen LogP contribution in [0.4, 0.5) is 0 Å². The summed E-state index contributed by atoms with van der Waals surface area (Å²) in [6.07, 6.45) is 3.32. The van der Waals surface area contributed by atoms with Gasteiger partial charge < -0.3 is 4.84 Å². The van der Waals surface area contributed by atoms with Crippen LogP contribution in [0.1, 0.15) is 34.3 Å². The van der Waals surface area contributed by atoms with E-state index in [1.54, 1.807) is 31.3 Å². The summed E-state index contributed by atoms with van der Waals surface area (Å²) in [5, 5.41) is 1.21. The van der Waals surface area contributed by atoms with Crippen LogP contribution in [0, 0.1) is 0 Å². The smallest absolute Gasteiger partial charge is 0.262 e. The van der Waals surface area contributed by atoms with Crippen LogP contribution in [0.3, 0.4) is 0 Å². The normalized spacial score (nSPS) is 17.0. The Morgan fingerprint density at radius 1 is 1.17 bits per heavy atom. The lowest BCUT2D eigenvalue weighted by Gasteiger charge is -2.29. The Hall–Kier alpha value is -2.88. The van der Waals surface area contributed by atoms with Crippen molar-refractivity contribution in [3.05, 3.63) is 71.3 Å². The van der Waals surface area contributed by atoms with Gasteiger partial charge in [0.25, 0.3) is 5.91 Å². The van der Waals surface area contributed by atoms with Gasteiger partial charge in [0.05, 0.1) is 5.92 Å². The Kier molecular flexibility index (Phi) is 3.98. The quantitative estimate of drug-likeness (QED) is 0.644. The third-order valence-corrected chi connectivity index (χ3v) is 3.91. The molecule has 0 saturated heterocycles. The number of benzene rings is 2. The molecule has 0 aliphatic carbocycles. The van der Waals surface area contributed by atoms with Crippen LogP contribution < -0.4 is 4.84 Å². The maximum absolute atomic E-state index is 12.3. The summed E-state index contributed by atoms with van der Waals surface area (Å²) in [4.78, 5) is 29.7. The second-order valence-electron chi connectivity index (χ2n) is 5.51. The van der Waals surface area contributed by atoms with Crippen LogP contribution in [0.25, 0.3) is 6.08 Å². The molecule has 2 aromatic carbocycles. The number of ketones is 1. The van der Waals surface area contributed by atoms with E-state index >= 15 is 0 Å². The highest BCUT2D eigenvalue weighted by atomic mass is 16.7. The third-order valence-electron chi connectivity index (χ3n) is 3.91. The van der Waals surface area contributed by atoms with E-state index in [9.17, 15) is 9.59 Å². The number of fused-ring (bicyclic) bond motifs is 1. The molecule has 0 saturated carbocycles. The van der Waals surface area contributed by atoms with Crippen LogP contribution in [-0.4, -0.2) is 23.8 Å². The largest absolute Gasteiger partial charge is 0.377 e. The fourth-order valence-electron chi connectivity index (χ4n) is 2.55. The Morgan fingerprint density at radius 3 is 2.65 bits per heavy atom. The van der Waals surface area contributed by atoms with E-state index in [0.717, 1.165) is 11.1 Å². The van der Waals surface area contributed by atoms with E-state index in [1.807, 2.05) is 37.3 Å². The van der Waals surface area contributed by atoms with E-state index < -0.39 is 0 Å². The maximum atomic E-state index is 12.3. The Labute approximate surface area is 134 Å². The minimum absolute atomic E-state index is 0.0967. The van der Waals surface area contributed by atoms with Gasteiger partial charge in [-0.3, -0.25) is 9.59 Å². The van der Waals surface area contributed by atoms with E-state index in [-0.39, 0.29) is 17.6 Å². The van der Waals surface area contributed by atoms with Gasteiger partial charge in [0.1, 0.15) is 0 Å². The summed E-state index contributed by atoms with van der Waals surface area (Å²) in [5.41, 5.74) is 2.30. The van der Waals surface area contributed by atoms with Gasteiger partial charge in [-0.05, 0) is 24.6 Å². The first-order valence-corrected chi connectivity index (χ1v) is 7.43. The molecule has 1 amide bonds. The molecule has 1 aliphatic rings. The molecule has 0 aromatic heterocycles. The molecule has 1 heterocycles. The molecule has 1 atom stereocenters. The van der Waals surface area contributed by atoms with Gasteiger partial charge in [-0.1, -0.05) is 48.5 Å². The molecular formula is C19H17NO3. The first-order valence-electron chi connectivity index (χ1n) is 7.43. The van der Waals surface area contributed by atoms with Crippen molar-refractivity contribution in [3.63, 3.8) is 0 Å². The average molecular weight is 307 g/mol. The molecule has 0 spiro atoms. The molecule has 0 bridgehead atoms. The maximum Gasteiger partial charge on any atom is 0.262 e. The molecular weight excluding hydrogens is 290 g/mol. The van der Waals surface area contributed by atoms with Crippen LogP contribution >= 0.6 is 0 Å². The van der Waals surface area contributed by atoms with E-state index in [2.05, 4.69) is 0 Å². The molecule has 2 aromatic rings. The van der Waals surface area contributed by atoms with Crippen molar-refractivity contribution in [2.24, 2.45) is 0 Å². The van der Waals surface area contributed by atoms with Crippen molar-refractivity contribution in [1.29, 1.82) is 0 Å². The highest BCUT2D eigenvalue weighted by molar-refractivity contribution is 6.07. The molecule has 3 rings (SSSR count). The minimum Gasteiger partial charge on any atom is -0.377 e. The molecule has 116 valence electrons. The summed E-state index contributed by atoms with van der Waals surface area (Å²) in [6, 6.07) is 14.8. The first-order chi connectivity index (χ1) is 11.1. The van der Waals surface area contributed by atoms with E-state index in [0.29, 0.717) is 11.3 Å². The first kappa shape index (κ1) is 15.0. The summed E-state index contributed by atoms with van der Waals surface area (Å²) in [7, 11) is 1.57. The third kappa shape index (κ3) is 3.01. The number of likely N-dealkylation sites (N-methyl/N-ethyl adjacent to an activating group) is 1. The molecule has 4 heteroatoms. The number of hydrogen-bond acceptors (Lipinski definition) is 3. The zero-order valence-corrected chi connectivity index (χ0v) is 13.0. The SMILES string of the molecule is CC1C(=O)N(C)Oc2cc(C(=O)C=Cc3ccccc3)ccc21. The van der Waals surface area contributed by atoms with Crippen LogP contribution in [0.15, 0.2) is 54.6 Å². The lowest BCUT2D eigenvalue weighted by molar-refractivity contribution is -0.157. The van der Waals surface area contributed by atoms with Gasteiger partial charge in [-0.15, -0.1) is 0 Å². The number of nitrogens with zero attached hydrogens (tertiary/aromatic N) is 1. The van der Waals surface area contributed by atoms with Crippen LogP contribution in [-0.2, 0) is 4.79 Å². The van der Waals surface area contributed by atoms with Gasteiger partial charge in [-0.2, -0.15) is 5.06 Å². The number of carbonyl (C=O) groups is 2. The molecule has 1 aliphatic heterocycles. The number of rotatable bonds is 3. The zero-order valence-electron chi connectivity index (χ0n) is 13.0. The van der Waals surface area contributed by atoms with Crippen molar-refractivity contribution in [2.75, 3.05) is 7.05 Å². The molecule has 0 N–H and O–H groups in total. The van der Waals surface area contributed by atoms with Crippen molar-refractivity contribution in [1.82, 2.24) is 5.06 Å². The summed E-state index contributed by atoms with van der Waals surface area (Å²) >= 11 is 0. The second kappa shape index (κ2) is 6.08. The van der Waals surface area contributed by atoms with Crippen molar-refractivity contribution < 1.29 is 14.4 Å². The monoisotopic (exact) mass is 307 g/mol. The zero-order chi connectivity index (χ0) is 16.4. The van der Waals surface area contributed by atoms with E-state index in [4.69, 9.17) is 4.84 Å². The van der Waals surface area contributed by atoms with Crippen LogP contribution in [0.2, 0.25) is 0 Å². The van der Waals surface area contributed by atoms with Crippen molar-refractivity contribution in [3.8, 4) is 5.75 Å². The summed E-state index contributed by atoms with van der Waals surface area (Å²) in [5.74, 6) is 0.0827. The lowest BCUT2D eigenvalue weighted by atomic mass is 9.95. The van der Waals surface area contributed by atoms with E-state index in [1.165, 1.54) is 11.1 Å². The predicted octanol–water partition coefficient (Wildman–Crippen LogP) is 3.45. The van der Waals surface area contributed by atoms with Crippen molar-refractivity contribution in [2.45, 2.75) is 12.8 Å². The molecule has 23 heavy (non-hydrogen) atoms. The number of carbonyl (C=O) groups excluding carboxylic acids is 2. The molecule has 1 unspecified atom stereocenters. The van der Waals surface area contributed by atoms with Gasteiger partial charge >= 0.3 is 0 Å². The topological polar surface area (TPSA) is 46.6 Å².